The van der Waals surface area contributed by atoms with Crippen molar-refractivity contribution in [1.29, 1.82) is 0 Å². The molecule has 1 aliphatic rings. The summed E-state index contributed by atoms with van der Waals surface area (Å²) in [7, 11) is 0. The Bertz CT molecular complexity index is 690. The van der Waals surface area contributed by atoms with E-state index in [0.717, 1.165) is 29.8 Å². The Morgan fingerprint density at radius 3 is 2.82 bits per heavy atom. The van der Waals surface area contributed by atoms with Gasteiger partial charge >= 0.3 is 0 Å². The molecular formula is C17H19N3OS. The Balaban J connectivity index is 1.58. The van der Waals surface area contributed by atoms with Gasteiger partial charge in [0, 0.05) is 13.1 Å². The molecule has 4 nitrogen and oxygen atoms in total. The van der Waals surface area contributed by atoms with Gasteiger partial charge < -0.3 is 10.6 Å². The fourth-order valence-corrected chi connectivity index (χ4v) is 3.36. The van der Waals surface area contributed by atoms with Crippen LogP contribution in [0.5, 0.6) is 0 Å². The highest BCUT2D eigenvalue weighted by Crippen LogP contribution is 2.27. The Labute approximate surface area is 134 Å². The summed E-state index contributed by atoms with van der Waals surface area (Å²) in [5, 5.41) is 6.13. The summed E-state index contributed by atoms with van der Waals surface area (Å²) in [4.78, 5) is 17.5. The molecule has 1 atom stereocenters. The van der Waals surface area contributed by atoms with Gasteiger partial charge in [-0.05, 0) is 24.5 Å². The van der Waals surface area contributed by atoms with Crippen molar-refractivity contribution in [2.45, 2.75) is 25.9 Å². The van der Waals surface area contributed by atoms with Crippen molar-refractivity contribution >= 4 is 17.2 Å². The molecule has 2 N–H and O–H groups in total. The van der Waals surface area contributed by atoms with Crippen molar-refractivity contribution in [3.8, 4) is 10.4 Å². The first-order chi connectivity index (χ1) is 10.6. The van der Waals surface area contributed by atoms with Crippen molar-refractivity contribution in [1.82, 2.24) is 15.6 Å². The van der Waals surface area contributed by atoms with Gasteiger partial charge in [0.2, 0.25) is 5.91 Å². The van der Waals surface area contributed by atoms with E-state index in [2.05, 4.69) is 46.5 Å². The van der Waals surface area contributed by atoms with Crippen LogP contribution in [0, 0.1) is 6.92 Å². The molecule has 0 radical (unpaired) electrons. The van der Waals surface area contributed by atoms with Gasteiger partial charge in [0.05, 0.1) is 22.1 Å². The number of hydrogen-bond acceptors (Lipinski definition) is 4. The van der Waals surface area contributed by atoms with Crippen molar-refractivity contribution in [2.24, 2.45) is 0 Å². The molecule has 2 aromatic rings. The summed E-state index contributed by atoms with van der Waals surface area (Å²) in [6.07, 6.45) is 0.732. The minimum absolute atomic E-state index is 0.0426. The van der Waals surface area contributed by atoms with Gasteiger partial charge in [-0.2, -0.15) is 0 Å². The predicted octanol–water partition coefficient (Wildman–Crippen LogP) is 2.65. The number of nitrogens with one attached hydrogen (secondary N) is 2. The lowest BCUT2D eigenvalue weighted by Gasteiger charge is -2.11. The van der Waals surface area contributed by atoms with Gasteiger partial charge in [0.15, 0.2) is 0 Å². The molecule has 0 aliphatic carbocycles. The first-order valence-electron chi connectivity index (χ1n) is 7.30. The van der Waals surface area contributed by atoms with E-state index >= 15 is 0 Å². The fraction of sp³-hybridized carbons (Fsp3) is 0.294. The van der Waals surface area contributed by atoms with Crippen molar-refractivity contribution in [2.75, 3.05) is 6.54 Å². The third-order valence-electron chi connectivity index (χ3n) is 3.84. The Morgan fingerprint density at radius 1 is 1.45 bits per heavy atom. The molecule has 0 saturated carbocycles. The second-order valence-corrected chi connectivity index (χ2v) is 6.42. The number of hydrogen-bond donors (Lipinski definition) is 2. The molecule has 22 heavy (non-hydrogen) atoms. The average molecular weight is 313 g/mol. The number of carbonyl (C=O) groups is 1. The highest BCUT2D eigenvalue weighted by molar-refractivity contribution is 7.13. The third-order valence-corrected chi connectivity index (χ3v) is 4.81. The maximum Gasteiger partial charge on any atom is 0.237 e. The number of aryl methyl sites for hydroxylation is 1. The number of rotatable bonds is 4. The average Bonchev–Trinajstić information content (AvgIpc) is 3.14. The fourth-order valence-electron chi connectivity index (χ4n) is 2.55. The molecule has 1 saturated heterocycles. The van der Waals surface area contributed by atoms with Crippen molar-refractivity contribution < 1.29 is 4.79 Å². The minimum Gasteiger partial charge on any atom is -0.351 e. The molecule has 1 aromatic heterocycles. The minimum atomic E-state index is -0.133. The highest BCUT2D eigenvalue weighted by atomic mass is 32.1. The van der Waals surface area contributed by atoms with Crippen LogP contribution in [0.1, 0.15) is 17.7 Å². The second-order valence-electron chi connectivity index (χ2n) is 5.57. The lowest BCUT2D eigenvalue weighted by atomic mass is 10.1. The van der Waals surface area contributed by atoms with Gasteiger partial charge in [-0.3, -0.25) is 4.79 Å². The summed E-state index contributed by atoms with van der Waals surface area (Å²) in [5.41, 5.74) is 6.27. The third kappa shape index (κ3) is 3.26. The van der Waals surface area contributed by atoms with Gasteiger partial charge in [0.1, 0.15) is 0 Å². The largest absolute Gasteiger partial charge is 0.351 e. The zero-order chi connectivity index (χ0) is 15.5. The summed E-state index contributed by atoms with van der Waals surface area (Å²) >= 11 is 1.65. The lowest BCUT2D eigenvalue weighted by molar-refractivity contribution is -0.122. The van der Waals surface area contributed by atoms with Crippen molar-refractivity contribution in [3.05, 3.63) is 53.2 Å². The molecule has 0 bridgehead atoms. The molecule has 1 aromatic carbocycles. The molecule has 3 rings (SSSR count). The van der Waals surface area contributed by atoms with Crippen LogP contribution in [-0.2, 0) is 11.3 Å². The van der Waals surface area contributed by atoms with Crippen LogP contribution in [0.3, 0.4) is 0 Å². The normalized spacial score (nSPS) is 17.7. The first kappa shape index (κ1) is 14.9. The highest BCUT2D eigenvalue weighted by Gasteiger charge is 2.23. The Hall–Kier alpha value is -1.98. The number of thiazole rings is 1. The van der Waals surface area contributed by atoms with E-state index in [9.17, 15) is 4.79 Å². The molecule has 1 aliphatic heterocycles. The topological polar surface area (TPSA) is 54.0 Å². The maximum absolute atomic E-state index is 12.0. The van der Waals surface area contributed by atoms with Crippen LogP contribution in [0.2, 0.25) is 0 Å². The second kappa shape index (κ2) is 6.42. The molecule has 5 heteroatoms. The number of nitrogens with zero attached hydrogens (tertiary/aromatic N) is 1. The number of carbonyl (C=O) groups excluding carboxylic acids is 1. The predicted molar refractivity (Wildman–Crippen MR) is 89.7 cm³/mol. The van der Waals surface area contributed by atoms with E-state index in [1.807, 2.05) is 12.4 Å². The van der Waals surface area contributed by atoms with Crippen LogP contribution < -0.4 is 10.6 Å². The summed E-state index contributed by atoms with van der Waals surface area (Å²) < 4.78 is 0. The Kier molecular flexibility index (Phi) is 4.36. The summed E-state index contributed by atoms with van der Waals surface area (Å²) in [6, 6.07) is 8.13. The van der Waals surface area contributed by atoms with E-state index in [-0.39, 0.29) is 11.9 Å². The van der Waals surface area contributed by atoms with Crippen LogP contribution in [0.4, 0.5) is 0 Å². The summed E-state index contributed by atoms with van der Waals surface area (Å²) in [6.45, 7) is 7.20. The standard InChI is InChI=1S/C17H19N3OS/c1-11-7-15(18-8-11)17(21)19-9-13-3-5-14(6-4-13)16-12(2)20-10-22-16/h3-6,10,15,18H,1,7-9H2,2H3,(H,19,21). The monoisotopic (exact) mass is 313 g/mol. The molecule has 1 amide bonds. The number of aromatic nitrogens is 1. The zero-order valence-corrected chi connectivity index (χ0v) is 13.4. The number of amides is 1. The first-order valence-corrected chi connectivity index (χ1v) is 8.18. The van der Waals surface area contributed by atoms with Gasteiger partial charge in [-0.25, -0.2) is 4.98 Å². The van der Waals surface area contributed by atoms with Gasteiger partial charge in [-0.15, -0.1) is 11.3 Å². The number of benzene rings is 1. The lowest BCUT2D eigenvalue weighted by Crippen LogP contribution is -2.39. The van der Waals surface area contributed by atoms with Crippen LogP contribution in [0.25, 0.3) is 10.4 Å². The quantitative estimate of drug-likeness (QED) is 0.853. The molecule has 2 heterocycles. The van der Waals surface area contributed by atoms with Crippen LogP contribution in [0.15, 0.2) is 41.9 Å². The van der Waals surface area contributed by atoms with Crippen LogP contribution >= 0.6 is 11.3 Å². The Morgan fingerprint density at radius 2 is 2.23 bits per heavy atom. The smallest absolute Gasteiger partial charge is 0.237 e. The SMILES string of the molecule is C=C1CNC(C(=O)NCc2ccc(-c3scnc3C)cc2)C1. The maximum atomic E-state index is 12.0. The molecule has 1 unspecified atom stereocenters. The van der Waals surface area contributed by atoms with Crippen LogP contribution in [-0.4, -0.2) is 23.5 Å². The molecule has 1 fully saturated rings. The molecule has 0 spiro atoms. The van der Waals surface area contributed by atoms with Gasteiger partial charge in [0.25, 0.3) is 0 Å². The van der Waals surface area contributed by atoms with E-state index in [0.29, 0.717) is 6.54 Å². The zero-order valence-electron chi connectivity index (χ0n) is 12.6. The summed E-state index contributed by atoms with van der Waals surface area (Å²) in [5.74, 6) is 0.0426. The van der Waals surface area contributed by atoms with E-state index in [4.69, 9.17) is 0 Å². The van der Waals surface area contributed by atoms with E-state index in [1.165, 1.54) is 10.4 Å². The van der Waals surface area contributed by atoms with E-state index < -0.39 is 0 Å². The van der Waals surface area contributed by atoms with Crippen molar-refractivity contribution in [3.63, 3.8) is 0 Å². The van der Waals surface area contributed by atoms with E-state index in [1.54, 1.807) is 11.3 Å². The molecule has 114 valence electrons. The molecular weight excluding hydrogens is 294 g/mol. The van der Waals surface area contributed by atoms with Gasteiger partial charge in [-0.1, -0.05) is 36.4 Å².